The van der Waals surface area contributed by atoms with Crippen LogP contribution in [-0.4, -0.2) is 18.1 Å². The summed E-state index contributed by atoms with van der Waals surface area (Å²) in [5.74, 6) is 0. The molecule has 0 atom stereocenters. The summed E-state index contributed by atoms with van der Waals surface area (Å²) in [4.78, 5) is 10.3. The van der Waals surface area contributed by atoms with E-state index in [1.807, 2.05) is 30.3 Å². The quantitative estimate of drug-likeness (QED) is 0.563. The van der Waals surface area contributed by atoms with Crippen molar-refractivity contribution in [1.29, 1.82) is 0 Å². The number of carbonyl (C=O) groups is 1. The Bertz CT molecular complexity index is 405. The van der Waals surface area contributed by atoms with Crippen molar-refractivity contribution in [3.8, 4) is 0 Å². The van der Waals surface area contributed by atoms with Crippen LogP contribution in [0.25, 0.3) is 10.1 Å². The van der Waals surface area contributed by atoms with E-state index in [2.05, 4.69) is 0 Å². The van der Waals surface area contributed by atoms with Crippen LogP contribution in [0.1, 0.15) is 0 Å². The highest BCUT2D eigenvalue weighted by Crippen LogP contribution is 2.18. The number of fused-ring (bicyclic) bond motifs is 1. The van der Waals surface area contributed by atoms with Crippen molar-refractivity contribution in [2.45, 2.75) is 0 Å². The Morgan fingerprint density at radius 3 is 2.85 bits per heavy atom. The second-order valence-electron chi connectivity index (χ2n) is 2.77. The van der Waals surface area contributed by atoms with Gasteiger partial charge in [0.05, 0.1) is 0 Å². The SMILES string of the molecule is O=CB(O)c1cc2ccccc2s1. The summed E-state index contributed by atoms with van der Waals surface area (Å²) in [5.41, 5.74) is 0. The van der Waals surface area contributed by atoms with Gasteiger partial charge in [0.15, 0.2) is 0 Å². The zero-order chi connectivity index (χ0) is 9.26. The third-order valence-electron chi connectivity index (χ3n) is 1.86. The Kier molecular flexibility index (Phi) is 2.16. The summed E-state index contributed by atoms with van der Waals surface area (Å²) in [5, 5.41) is 10.3. The molecule has 1 heterocycles. The lowest BCUT2D eigenvalue weighted by Gasteiger charge is -1.88. The van der Waals surface area contributed by atoms with Crippen molar-refractivity contribution in [2.24, 2.45) is 0 Å². The maximum atomic E-state index is 10.3. The Morgan fingerprint density at radius 2 is 2.15 bits per heavy atom. The van der Waals surface area contributed by atoms with Crippen LogP contribution in [-0.2, 0) is 4.79 Å². The van der Waals surface area contributed by atoms with Gasteiger partial charge < -0.3 is 9.82 Å². The van der Waals surface area contributed by atoms with Gasteiger partial charge in [-0.25, -0.2) is 0 Å². The van der Waals surface area contributed by atoms with Crippen molar-refractivity contribution in [3.63, 3.8) is 0 Å². The second-order valence-corrected chi connectivity index (χ2v) is 3.88. The monoisotopic (exact) mass is 190 g/mol. The first kappa shape index (κ1) is 8.47. The number of thiophene rings is 1. The normalized spacial score (nSPS) is 10.2. The molecule has 0 fully saturated rings. The van der Waals surface area contributed by atoms with E-state index in [1.54, 1.807) is 0 Å². The summed E-state index contributed by atoms with van der Waals surface area (Å²) in [6.45, 7) is -0.975. The molecule has 13 heavy (non-hydrogen) atoms. The number of rotatable bonds is 2. The van der Waals surface area contributed by atoms with Crippen molar-refractivity contribution in [2.75, 3.05) is 0 Å². The molecule has 0 saturated heterocycles. The Hall–Kier alpha value is -1.13. The third-order valence-corrected chi connectivity index (χ3v) is 3.05. The van der Waals surface area contributed by atoms with E-state index >= 15 is 0 Å². The van der Waals surface area contributed by atoms with Crippen LogP contribution in [0.2, 0.25) is 0 Å². The lowest BCUT2D eigenvalue weighted by molar-refractivity contribution is 0.549. The van der Waals surface area contributed by atoms with E-state index in [1.165, 1.54) is 11.3 Å². The van der Waals surface area contributed by atoms with E-state index in [9.17, 15) is 9.82 Å². The number of hydrogen-bond acceptors (Lipinski definition) is 3. The van der Waals surface area contributed by atoms with Crippen LogP contribution in [0.3, 0.4) is 0 Å². The van der Waals surface area contributed by atoms with Gasteiger partial charge >= 0.3 is 6.92 Å². The average Bonchev–Trinajstić information content (AvgIpc) is 2.59. The number of benzene rings is 1. The highest BCUT2D eigenvalue weighted by molar-refractivity contribution is 7.30. The molecule has 2 rings (SSSR count). The van der Waals surface area contributed by atoms with Gasteiger partial charge in [-0.3, -0.25) is 0 Å². The first-order chi connectivity index (χ1) is 6.31. The minimum Gasteiger partial charge on any atom is -0.441 e. The minimum absolute atomic E-state index is 0.546. The molecule has 0 aliphatic rings. The maximum absolute atomic E-state index is 10.3. The molecule has 1 aromatic heterocycles. The fourth-order valence-corrected chi connectivity index (χ4v) is 2.22. The molecule has 1 N–H and O–H groups in total. The standard InChI is InChI=1S/C9H7BO2S/c11-6-10(12)9-5-7-3-1-2-4-8(7)13-9/h1-6,12H. The molecule has 0 spiro atoms. The summed E-state index contributed by atoms with van der Waals surface area (Å²) < 4.78 is 1.80. The van der Waals surface area contributed by atoms with Crippen molar-refractivity contribution in [3.05, 3.63) is 30.3 Å². The van der Waals surface area contributed by atoms with Gasteiger partial charge in [0.2, 0.25) is 0 Å². The predicted molar refractivity (Wildman–Crippen MR) is 56.2 cm³/mol. The zero-order valence-corrected chi connectivity index (χ0v) is 7.62. The van der Waals surface area contributed by atoms with Crippen LogP contribution in [0, 0.1) is 0 Å². The molecule has 64 valence electrons. The molecule has 4 heteroatoms. The Morgan fingerprint density at radius 1 is 1.38 bits per heavy atom. The minimum atomic E-state index is -0.975. The van der Waals surface area contributed by atoms with Gasteiger partial charge in [-0.05, 0) is 17.5 Å². The van der Waals surface area contributed by atoms with E-state index in [-0.39, 0.29) is 0 Å². The van der Waals surface area contributed by atoms with E-state index < -0.39 is 6.92 Å². The first-order valence-electron chi connectivity index (χ1n) is 3.93. The molecular formula is C9H7BO2S. The number of carbonyl (C=O) groups excluding carboxylic acids is 1. The van der Waals surface area contributed by atoms with Crippen LogP contribution in [0.15, 0.2) is 30.3 Å². The van der Waals surface area contributed by atoms with Crippen molar-refractivity contribution >= 4 is 39.3 Å². The van der Waals surface area contributed by atoms with Crippen LogP contribution in [0.4, 0.5) is 0 Å². The molecule has 0 unspecified atom stereocenters. The molecule has 0 amide bonds. The lowest BCUT2D eigenvalue weighted by Crippen LogP contribution is -2.28. The van der Waals surface area contributed by atoms with E-state index in [4.69, 9.17) is 0 Å². The van der Waals surface area contributed by atoms with Crippen LogP contribution < -0.4 is 4.78 Å². The average molecular weight is 190 g/mol. The Labute approximate surface area is 79.9 Å². The number of hydrogen-bond donors (Lipinski definition) is 1. The predicted octanol–water partition coefficient (Wildman–Crippen LogP) is 0.864. The van der Waals surface area contributed by atoms with Gasteiger partial charge in [-0.1, -0.05) is 18.2 Å². The van der Waals surface area contributed by atoms with Crippen molar-refractivity contribution < 1.29 is 9.82 Å². The molecule has 0 saturated carbocycles. The third kappa shape index (κ3) is 1.50. The van der Waals surface area contributed by atoms with Gasteiger partial charge in [0, 0.05) is 9.48 Å². The van der Waals surface area contributed by atoms with Gasteiger partial charge in [0.1, 0.15) is 6.19 Å². The highest BCUT2D eigenvalue weighted by Gasteiger charge is 2.15. The second kappa shape index (κ2) is 3.32. The van der Waals surface area contributed by atoms with E-state index in [0.29, 0.717) is 11.0 Å². The molecule has 0 bridgehead atoms. The largest absolute Gasteiger partial charge is 0.441 e. The molecule has 2 aromatic rings. The topological polar surface area (TPSA) is 37.3 Å². The zero-order valence-electron chi connectivity index (χ0n) is 6.81. The molecule has 1 aromatic carbocycles. The summed E-state index contributed by atoms with van der Waals surface area (Å²) in [7, 11) is 0. The van der Waals surface area contributed by atoms with Crippen LogP contribution in [0.5, 0.6) is 0 Å². The first-order valence-corrected chi connectivity index (χ1v) is 4.75. The van der Waals surface area contributed by atoms with Crippen LogP contribution >= 0.6 is 11.3 Å². The molecule has 2 nitrogen and oxygen atoms in total. The molecular weight excluding hydrogens is 183 g/mol. The van der Waals surface area contributed by atoms with Gasteiger partial charge in [0.25, 0.3) is 0 Å². The fourth-order valence-electron chi connectivity index (χ4n) is 1.22. The Balaban J connectivity index is 2.55. The summed E-state index contributed by atoms with van der Waals surface area (Å²) >= 11 is 1.45. The summed E-state index contributed by atoms with van der Waals surface area (Å²) in [6, 6.07) is 9.66. The lowest BCUT2D eigenvalue weighted by atomic mass is 9.69. The smallest absolute Gasteiger partial charge is 0.405 e. The maximum Gasteiger partial charge on any atom is 0.405 e. The van der Waals surface area contributed by atoms with E-state index in [0.717, 1.165) is 10.1 Å². The van der Waals surface area contributed by atoms with Gasteiger partial charge in [-0.2, -0.15) is 0 Å². The molecule has 0 aliphatic heterocycles. The van der Waals surface area contributed by atoms with Crippen molar-refractivity contribution in [1.82, 2.24) is 0 Å². The molecule has 0 radical (unpaired) electrons. The molecule has 0 aliphatic carbocycles. The van der Waals surface area contributed by atoms with Gasteiger partial charge in [-0.15, -0.1) is 11.3 Å². The fraction of sp³-hybridized carbons (Fsp3) is 0. The summed E-state index contributed by atoms with van der Waals surface area (Å²) in [6.07, 6.45) is 0.546. The highest BCUT2D eigenvalue weighted by atomic mass is 32.1.